The van der Waals surface area contributed by atoms with Crippen molar-refractivity contribution in [3.63, 3.8) is 0 Å². The molecule has 0 unspecified atom stereocenters. The zero-order chi connectivity index (χ0) is 25.0. The molecule has 8 heteroatoms. The number of nitrogens with two attached hydrogens (primary N) is 1. The van der Waals surface area contributed by atoms with Crippen LogP contribution in [0.2, 0.25) is 0 Å². The van der Waals surface area contributed by atoms with Gasteiger partial charge in [-0.05, 0) is 6.42 Å². The van der Waals surface area contributed by atoms with E-state index in [0.29, 0.717) is 13.2 Å². The van der Waals surface area contributed by atoms with Crippen LogP contribution >= 0.6 is 0 Å². The zero-order valence-corrected chi connectivity index (χ0v) is 21.7. The number of aliphatic hydroxyl groups excluding tert-OH is 3. The Morgan fingerprint density at radius 3 is 1.82 bits per heavy atom. The molecule has 1 saturated heterocycles. The molecule has 1 aliphatic rings. The Hall–Kier alpha value is -0.320. The Morgan fingerprint density at radius 2 is 1.32 bits per heavy atom. The summed E-state index contributed by atoms with van der Waals surface area (Å²) in [6.45, 7) is 3.10. The van der Waals surface area contributed by atoms with Crippen LogP contribution in [0.4, 0.5) is 0 Å². The van der Waals surface area contributed by atoms with Gasteiger partial charge in [0.25, 0.3) is 0 Å². The summed E-state index contributed by atoms with van der Waals surface area (Å²) in [6, 6.07) is -0.910. The lowest BCUT2D eigenvalue weighted by atomic mass is 9.98. The molecule has 0 aromatic heterocycles. The van der Waals surface area contributed by atoms with E-state index >= 15 is 0 Å². The van der Waals surface area contributed by atoms with Gasteiger partial charge in [-0.3, -0.25) is 0 Å². The molecule has 0 bridgehead atoms. The van der Waals surface area contributed by atoms with Gasteiger partial charge in [0.05, 0.1) is 25.9 Å². The monoisotopic (exact) mass is 491 g/mol. The second-order valence-corrected chi connectivity index (χ2v) is 9.65. The largest absolute Gasteiger partial charge is 0.394 e. The third-order valence-corrected chi connectivity index (χ3v) is 6.65. The van der Waals surface area contributed by atoms with E-state index in [0.717, 1.165) is 6.42 Å². The van der Waals surface area contributed by atoms with Crippen LogP contribution in [0.5, 0.6) is 0 Å². The first-order valence-corrected chi connectivity index (χ1v) is 13.6. The van der Waals surface area contributed by atoms with Crippen molar-refractivity contribution in [2.75, 3.05) is 33.5 Å². The van der Waals surface area contributed by atoms with E-state index in [1.165, 1.54) is 83.5 Å². The molecule has 1 rings (SSSR count). The molecular formula is C26H53NO7. The predicted octanol–water partition coefficient (Wildman–Crippen LogP) is 3.28. The van der Waals surface area contributed by atoms with E-state index in [2.05, 4.69) is 6.92 Å². The number of aliphatic hydroxyl groups is 3. The lowest BCUT2D eigenvalue weighted by Crippen LogP contribution is -2.62. The Bertz CT molecular complexity index is 455. The van der Waals surface area contributed by atoms with Crippen molar-refractivity contribution in [3.05, 3.63) is 0 Å². The summed E-state index contributed by atoms with van der Waals surface area (Å²) >= 11 is 0. The van der Waals surface area contributed by atoms with Gasteiger partial charge in [-0.1, -0.05) is 90.4 Å². The normalized spacial score (nSPS) is 26.1. The second kappa shape index (κ2) is 20.8. The van der Waals surface area contributed by atoms with Crippen LogP contribution in [0.25, 0.3) is 0 Å². The van der Waals surface area contributed by atoms with Gasteiger partial charge >= 0.3 is 0 Å². The second-order valence-electron chi connectivity index (χ2n) is 9.65. The first kappa shape index (κ1) is 31.7. The van der Waals surface area contributed by atoms with E-state index in [1.807, 2.05) is 0 Å². The third-order valence-electron chi connectivity index (χ3n) is 6.65. The zero-order valence-electron chi connectivity index (χ0n) is 21.7. The average molecular weight is 492 g/mol. The summed E-state index contributed by atoms with van der Waals surface area (Å²) in [6.07, 6.45) is 14.0. The molecule has 0 amide bonds. The maximum absolute atomic E-state index is 10.00. The van der Waals surface area contributed by atoms with Crippen LogP contribution in [0.15, 0.2) is 0 Å². The van der Waals surface area contributed by atoms with Crippen molar-refractivity contribution in [1.82, 2.24) is 0 Å². The first-order valence-electron chi connectivity index (χ1n) is 13.6. The summed E-state index contributed by atoms with van der Waals surface area (Å²) in [5.41, 5.74) is 5.88. The molecular weight excluding hydrogens is 438 g/mol. The summed E-state index contributed by atoms with van der Waals surface area (Å²) < 4.78 is 22.2. The Labute approximate surface area is 207 Å². The van der Waals surface area contributed by atoms with Gasteiger partial charge in [0.1, 0.15) is 24.4 Å². The minimum Gasteiger partial charge on any atom is -0.394 e. The lowest BCUT2D eigenvalue weighted by molar-refractivity contribution is -0.271. The molecule has 0 saturated carbocycles. The van der Waals surface area contributed by atoms with E-state index in [-0.39, 0.29) is 12.7 Å². The Balaban J connectivity index is 1.97. The number of rotatable bonds is 22. The predicted molar refractivity (Wildman–Crippen MR) is 134 cm³/mol. The van der Waals surface area contributed by atoms with E-state index in [9.17, 15) is 15.3 Å². The quantitative estimate of drug-likeness (QED) is 0.170. The highest BCUT2D eigenvalue weighted by molar-refractivity contribution is 4.91. The number of methoxy groups -OCH3 is 1. The summed E-state index contributed by atoms with van der Waals surface area (Å²) in [5, 5.41) is 29.1. The van der Waals surface area contributed by atoms with Crippen LogP contribution in [-0.4, -0.2) is 85.6 Å². The Kier molecular flexibility index (Phi) is 19.4. The topological polar surface area (TPSA) is 124 Å². The molecule has 6 atom stereocenters. The molecule has 0 aliphatic carbocycles. The summed E-state index contributed by atoms with van der Waals surface area (Å²) in [4.78, 5) is 0. The van der Waals surface area contributed by atoms with Gasteiger partial charge in [-0.2, -0.15) is 0 Å². The van der Waals surface area contributed by atoms with Crippen LogP contribution in [0, 0.1) is 0 Å². The highest BCUT2D eigenvalue weighted by atomic mass is 16.7. The van der Waals surface area contributed by atoms with Crippen LogP contribution < -0.4 is 5.73 Å². The first-order chi connectivity index (χ1) is 16.5. The maximum Gasteiger partial charge on any atom is 0.175 e. The van der Waals surface area contributed by atoms with Crippen molar-refractivity contribution in [2.45, 2.75) is 134 Å². The lowest BCUT2D eigenvalue weighted by Gasteiger charge is -2.40. The van der Waals surface area contributed by atoms with Gasteiger partial charge in [0.2, 0.25) is 0 Å². The average Bonchev–Trinajstić information content (AvgIpc) is 2.85. The number of hydrogen-bond acceptors (Lipinski definition) is 8. The van der Waals surface area contributed by atoms with Crippen molar-refractivity contribution in [1.29, 1.82) is 0 Å². The van der Waals surface area contributed by atoms with Crippen molar-refractivity contribution in [3.8, 4) is 0 Å². The van der Waals surface area contributed by atoms with E-state index < -0.39 is 37.3 Å². The molecule has 1 fully saturated rings. The molecule has 8 nitrogen and oxygen atoms in total. The van der Waals surface area contributed by atoms with E-state index in [4.69, 9.17) is 24.7 Å². The summed E-state index contributed by atoms with van der Waals surface area (Å²) in [5.74, 6) is 0. The molecule has 34 heavy (non-hydrogen) atoms. The number of unbranched alkanes of at least 4 members (excludes halogenated alkanes) is 13. The molecule has 0 spiro atoms. The molecule has 0 radical (unpaired) electrons. The standard InChI is InChI=1S/C26H53NO7/c1-3-4-5-6-7-8-9-10-11-12-13-14-15-16-17-32-19-21(31-2)20-33-26-23(27)25(30)24(29)22(18-28)34-26/h21-26,28-30H,3-20,27H2,1-2H3/t21-,22-,23-,24-,25-,26-/m1/s1. The highest BCUT2D eigenvalue weighted by Crippen LogP contribution is 2.21. The molecule has 0 aromatic rings. The fourth-order valence-electron chi connectivity index (χ4n) is 4.25. The van der Waals surface area contributed by atoms with Gasteiger partial charge in [0, 0.05) is 13.7 Å². The third kappa shape index (κ3) is 13.7. The molecule has 0 aromatic carbocycles. The van der Waals surface area contributed by atoms with Gasteiger partial charge < -0.3 is 40.0 Å². The molecule has 204 valence electrons. The van der Waals surface area contributed by atoms with Gasteiger partial charge in [0.15, 0.2) is 6.29 Å². The molecule has 1 heterocycles. The van der Waals surface area contributed by atoms with Crippen molar-refractivity contribution in [2.24, 2.45) is 5.73 Å². The minimum absolute atomic E-state index is 0.175. The van der Waals surface area contributed by atoms with Crippen molar-refractivity contribution >= 4 is 0 Å². The van der Waals surface area contributed by atoms with Gasteiger partial charge in [-0.15, -0.1) is 0 Å². The fraction of sp³-hybridized carbons (Fsp3) is 1.00. The van der Waals surface area contributed by atoms with E-state index in [1.54, 1.807) is 7.11 Å². The van der Waals surface area contributed by atoms with Crippen LogP contribution in [-0.2, 0) is 18.9 Å². The van der Waals surface area contributed by atoms with Gasteiger partial charge in [-0.25, -0.2) is 0 Å². The van der Waals surface area contributed by atoms with Crippen molar-refractivity contribution < 1.29 is 34.3 Å². The SMILES string of the molecule is CCCCCCCCCCCCCCCCOC[C@H](CO[C@@H]1O[C@H](CO)[C@@H](O)[C@H](O)[C@H]1N)OC. The molecule has 1 aliphatic heterocycles. The Morgan fingerprint density at radius 1 is 0.794 bits per heavy atom. The summed E-state index contributed by atoms with van der Waals surface area (Å²) in [7, 11) is 1.58. The maximum atomic E-state index is 10.00. The molecule has 5 N–H and O–H groups in total. The number of ether oxygens (including phenoxy) is 4. The van der Waals surface area contributed by atoms with Crippen LogP contribution in [0.1, 0.15) is 96.8 Å². The highest BCUT2D eigenvalue weighted by Gasteiger charge is 2.43. The smallest absolute Gasteiger partial charge is 0.175 e. The minimum atomic E-state index is -1.24. The van der Waals surface area contributed by atoms with Crippen LogP contribution in [0.3, 0.4) is 0 Å². The fourth-order valence-corrected chi connectivity index (χ4v) is 4.25. The number of hydrogen-bond donors (Lipinski definition) is 4.